The summed E-state index contributed by atoms with van der Waals surface area (Å²) in [6.45, 7) is 3.49. The fourth-order valence-electron chi connectivity index (χ4n) is 4.68. The van der Waals surface area contributed by atoms with E-state index in [4.69, 9.17) is 18.9 Å². The number of aliphatic hydroxyl groups excluding tert-OH is 1. The lowest BCUT2D eigenvalue weighted by Gasteiger charge is -2.35. The topological polar surface area (TPSA) is 102 Å². The quantitative estimate of drug-likeness (QED) is 0.378. The summed E-state index contributed by atoms with van der Waals surface area (Å²) in [7, 11) is 0. The van der Waals surface area contributed by atoms with Crippen molar-refractivity contribution in [3.8, 4) is 23.0 Å². The molecule has 0 bridgehead atoms. The highest BCUT2D eigenvalue weighted by molar-refractivity contribution is 5.98. The number of amides is 1. The summed E-state index contributed by atoms with van der Waals surface area (Å²) in [5.41, 5.74) is 1.62. The Balaban J connectivity index is 0.978. The molecule has 2 atom stereocenters. The van der Waals surface area contributed by atoms with Gasteiger partial charge in [0, 0.05) is 63.7 Å². The van der Waals surface area contributed by atoms with Crippen LogP contribution in [0.5, 0.6) is 23.0 Å². The van der Waals surface area contributed by atoms with Crippen LogP contribution >= 0.6 is 0 Å². The zero-order valence-electron chi connectivity index (χ0n) is 21.1. The number of piperidine rings is 1. The molecule has 0 aromatic heterocycles. The first-order valence-corrected chi connectivity index (χ1v) is 12.9. The average molecular weight is 534 g/mol. The van der Waals surface area contributed by atoms with Crippen LogP contribution in [-0.2, 0) is 6.54 Å². The minimum Gasteiger partial charge on any atom is -0.492 e. The van der Waals surface area contributed by atoms with E-state index in [2.05, 4.69) is 10.6 Å². The fourth-order valence-corrected chi connectivity index (χ4v) is 4.68. The molecule has 3 N–H and O–H groups in total. The number of carbonyl (C=O) groups is 1. The number of ether oxygens (including phenoxy) is 4. The lowest BCUT2D eigenvalue weighted by atomic mass is 10.1. The van der Waals surface area contributed by atoms with Crippen molar-refractivity contribution >= 4 is 5.91 Å². The predicted molar refractivity (Wildman–Crippen MR) is 134 cm³/mol. The molecule has 9 nitrogen and oxygen atoms in total. The van der Waals surface area contributed by atoms with Crippen LogP contribution in [0.3, 0.4) is 0 Å². The minimum atomic E-state index is -2.56. The molecule has 0 aliphatic carbocycles. The van der Waals surface area contributed by atoms with Gasteiger partial charge in [0.2, 0.25) is 0 Å². The second kappa shape index (κ2) is 11.7. The molecule has 1 fully saturated rings. The van der Waals surface area contributed by atoms with E-state index in [1.54, 1.807) is 30.3 Å². The van der Waals surface area contributed by atoms with Crippen molar-refractivity contribution in [2.24, 2.45) is 0 Å². The number of aliphatic hydroxyl groups is 1. The van der Waals surface area contributed by atoms with E-state index in [0.29, 0.717) is 81.0 Å². The molecule has 3 aliphatic heterocycles. The van der Waals surface area contributed by atoms with Crippen molar-refractivity contribution in [3.63, 3.8) is 0 Å². The van der Waals surface area contributed by atoms with Gasteiger partial charge in [0.25, 0.3) is 11.8 Å². The van der Waals surface area contributed by atoms with Gasteiger partial charge in [-0.3, -0.25) is 9.69 Å². The molecule has 38 heavy (non-hydrogen) atoms. The molecule has 3 heterocycles. The van der Waals surface area contributed by atoms with Crippen LogP contribution in [0.4, 0.5) is 8.78 Å². The fraction of sp³-hybridized carbons (Fsp3) is 0.519. The zero-order valence-corrected chi connectivity index (χ0v) is 21.1. The van der Waals surface area contributed by atoms with Gasteiger partial charge in [0.1, 0.15) is 43.5 Å². The first-order chi connectivity index (χ1) is 18.3. The number of halogens is 2. The lowest BCUT2D eigenvalue weighted by molar-refractivity contribution is -0.0627. The van der Waals surface area contributed by atoms with Crippen molar-refractivity contribution < 1.29 is 37.6 Å². The zero-order chi connectivity index (χ0) is 26.5. The van der Waals surface area contributed by atoms with Crippen LogP contribution in [0.15, 0.2) is 36.4 Å². The summed E-state index contributed by atoms with van der Waals surface area (Å²) >= 11 is 0. The highest BCUT2D eigenvalue weighted by atomic mass is 19.3. The van der Waals surface area contributed by atoms with Crippen LogP contribution in [-0.4, -0.2) is 86.6 Å². The molecule has 0 spiro atoms. The maximum Gasteiger partial charge on any atom is 0.251 e. The summed E-state index contributed by atoms with van der Waals surface area (Å²) in [4.78, 5) is 13.6. The van der Waals surface area contributed by atoms with Crippen molar-refractivity contribution in [1.29, 1.82) is 0 Å². The van der Waals surface area contributed by atoms with Gasteiger partial charge in [-0.15, -0.1) is 0 Å². The van der Waals surface area contributed by atoms with Gasteiger partial charge in [-0.05, 0) is 35.9 Å². The van der Waals surface area contributed by atoms with Gasteiger partial charge in [-0.2, -0.15) is 0 Å². The maximum atomic E-state index is 13.4. The Kier molecular flexibility index (Phi) is 8.15. The van der Waals surface area contributed by atoms with E-state index in [1.165, 1.54) is 0 Å². The highest BCUT2D eigenvalue weighted by Gasteiger charge is 2.35. The first kappa shape index (κ1) is 26.5. The number of fused-ring (bicyclic) bond motifs is 2. The molecule has 206 valence electrons. The van der Waals surface area contributed by atoms with E-state index in [9.17, 15) is 18.7 Å². The van der Waals surface area contributed by atoms with E-state index in [1.807, 2.05) is 11.0 Å². The lowest BCUT2D eigenvalue weighted by Crippen LogP contribution is -2.46. The number of carbonyl (C=O) groups excluding carboxylic acids is 1. The van der Waals surface area contributed by atoms with Crippen LogP contribution in [0.25, 0.3) is 0 Å². The Hall–Kier alpha value is -3.15. The molecular formula is C27H33F2N3O6. The van der Waals surface area contributed by atoms with Crippen LogP contribution < -0.4 is 29.6 Å². The molecule has 1 saturated heterocycles. The Morgan fingerprint density at radius 2 is 1.92 bits per heavy atom. The van der Waals surface area contributed by atoms with Gasteiger partial charge in [0.15, 0.2) is 11.5 Å². The largest absolute Gasteiger partial charge is 0.492 e. The number of benzene rings is 2. The van der Waals surface area contributed by atoms with Crippen molar-refractivity contribution in [2.45, 2.75) is 37.5 Å². The normalized spacial score (nSPS) is 20.9. The standard InChI is InChI=1S/C27H33F2N3O6/c28-27(29)5-8-32(9-6-27)15-22-17-37-25-12-21(2-4-24(25)38-22)36-16-19(33)14-30-7-10-35-20-1-3-23-18(11-20)13-31-26(23)34/h1-4,11-12,19,22,30,33H,5-10,13-17H2,(H,31,34)/t19-,22+/m0/s1. The van der Waals surface area contributed by atoms with Crippen molar-refractivity contribution in [2.75, 3.05) is 52.5 Å². The number of alkyl halides is 2. The van der Waals surface area contributed by atoms with Gasteiger partial charge < -0.3 is 34.7 Å². The summed E-state index contributed by atoms with van der Waals surface area (Å²) < 4.78 is 50.0. The molecule has 0 unspecified atom stereocenters. The van der Waals surface area contributed by atoms with Crippen molar-refractivity contribution in [3.05, 3.63) is 47.5 Å². The number of hydrogen-bond acceptors (Lipinski definition) is 8. The number of likely N-dealkylation sites (tertiary alicyclic amines) is 1. The number of nitrogens with one attached hydrogen (secondary N) is 2. The van der Waals surface area contributed by atoms with Gasteiger partial charge >= 0.3 is 0 Å². The highest BCUT2D eigenvalue weighted by Crippen LogP contribution is 2.36. The smallest absolute Gasteiger partial charge is 0.251 e. The van der Waals surface area contributed by atoms with Gasteiger partial charge in [-0.1, -0.05) is 0 Å². The van der Waals surface area contributed by atoms with E-state index in [-0.39, 0.29) is 31.5 Å². The Bertz CT molecular complexity index is 1120. The predicted octanol–water partition coefficient (Wildman–Crippen LogP) is 2.21. The molecule has 2 aromatic carbocycles. The maximum absolute atomic E-state index is 13.4. The Labute approximate surface area is 220 Å². The second-order valence-electron chi connectivity index (χ2n) is 9.84. The van der Waals surface area contributed by atoms with Gasteiger partial charge in [-0.25, -0.2) is 8.78 Å². The molecule has 3 aliphatic rings. The number of nitrogens with zero attached hydrogens (tertiary/aromatic N) is 1. The van der Waals surface area contributed by atoms with Crippen LogP contribution in [0.2, 0.25) is 0 Å². The molecule has 11 heteroatoms. The molecule has 1 amide bonds. The summed E-state index contributed by atoms with van der Waals surface area (Å²) in [6.07, 6.45) is -1.18. The van der Waals surface area contributed by atoms with E-state index < -0.39 is 12.0 Å². The average Bonchev–Trinajstić information content (AvgIpc) is 3.28. The summed E-state index contributed by atoms with van der Waals surface area (Å²) in [6, 6.07) is 10.6. The summed E-state index contributed by atoms with van der Waals surface area (Å²) in [5, 5.41) is 16.2. The Morgan fingerprint density at radius 3 is 2.76 bits per heavy atom. The second-order valence-corrected chi connectivity index (χ2v) is 9.84. The molecular weight excluding hydrogens is 500 g/mol. The third-order valence-electron chi connectivity index (χ3n) is 6.81. The van der Waals surface area contributed by atoms with Crippen LogP contribution in [0, 0.1) is 0 Å². The summed E-state index contributed by atoms with van der Waals surface area (Å²) in [5.74, 6) is -0.226. The first-order valence-electron chi connectivity index (χ1n) is 12.9. The van der Waals surface area contributed by atoms with E-state index in [0.717, 1.165) is 5.56 Å². The number of hydrogen-bond donors (Lipinski definition) is 3. The molecule has 0 radical (unpaired) electrons. The van der Waals surface area contributed by atoms with Crippen molar-refractivity contribution in [1.82, 2.24) is 15.5 Å². The minimum absolute atomic E-state index is 0.0591. The van der Waals surface area contributed by atoms with Crippen LogP contribution in [0.1, 0.15) is 28.8 Å². The molecule has 0 saturated carbocycles. The third-order valence-corrected chi connectivity index (χ3v) is 6.81. The molecule has 5 rings (SSSR count). The Morgan fingerprint density at radius 1 is 1.13 bits per heavy atom. The third kappa shape index (κ3) is 6.83. The van der Waals surface area contributed by atoms with Gasteiger partial charge in [0.05, 0.1) is 0 Å². The molecule has 2 aromatic rings. The monoisotopic (exact) mass is 533 g/mol. The number of rotatable bonds is 11. The van der Waals surface area contributed by atoms with E-state index >= 15 is 0 Å². The SMILES string of the molecule is O=C1NCc2cc(OCCNC[C@H](O)COc3ccc4c(c3)OC[C@@H](CN3CCC(F)(F)CC3)O4)ccc21.